The number of amides is 1. The molecule has 1 N–H and O–H groups in total. The van der Waals surface area contributed by atoms with E-state index >= 15 is 0 Å². The Kier molecular flexibility index (Phi) is 2.07. The van der Waals surface area contributed by atoms with Gasteiger partial charge in [-0.2, -0.15) is 0 Å². The summed E-state index contributed by atoms with van der Waals surface area (Å²) in [7, 11) is 0. The molecule has 5 nitrogen and oxygen atoms in total. The van der Waals surface area contributed by atoms with E-state index in [4.69, 9.17) is 9.52 Å². The number of rotatable bonds is 3. The predicted molar refractivity (Wildman–Crippen MR) is 57.3 cm³/mol. The number of furan rings is 1. The molecule has 2 atom stereocenters. The summed E-state index contributed by atoms with van der Waals surface area (Å²) >= 11 is 0. The van der Waals surface area contributed by atoms with E-state index in [0.717, 1.165) is 6.42 Å². The summed E-state index contributed by atoms with van der Waals surface area (Å²) in [5.74, 6) is -0.561. The third-order valence-corrected chi connectivity index (χ3v) is 3.26. The summed E-state index contributed by atoms with van der Waals surface area (Å²) in [6.45, 7) is 0.345. The number of hydrogen-bond donors (Lipinski definition) is 1. The zero-order valence-corrected chi connectivity index (χ0v) is 9.00. The summed E-state index contributed by atoms with van der Waals surface area (Å²) in [6, 6.07) is 3.16. The lowest BCUT2D eigenvalue weighted by atomic mass is 10.1. The zero-order chi connectivity index (χ0) is 12.0. The molecule has 0 aromatic carbocycles. The van der Waals surface area contributed by atoms with Crippen LogP contribution in [0.3, 0.4) is 0 Å². The van der Waals surface area contributed by atoms with E-state index in [0.29, 0.717) is 12.3 Å². The Balaban J connectivity index is 1.77. The van der Waals surface area contributed by atoms with Crippen molar-refractivity contribution in [2.45, 2.75) is 19.0 Å². The van der Waals surface area contributed by atoms with Crippen LogP contribution in [0.25, 0.3) is 0 Å². The second-order valence-electron chi connectivity index (χ2n) is 4.33. The molecule has 2 bridgehead atoms. The highest BCUT2D eigenvalue weighted by Crippen LogP contribution is 2.33. The average molecular weight is 233 g/mol. The van der Waals surface area contributed by atoms with E-state index in [-0.39, 0.29) is 23.6 Å². The normalized spacial score (nSPS) is 25.9. The number of carboxylic acids is 1. The molecule has 1 amide bonds. The van der Waals surface area contributed by atoms with E-state index in [2.05, 4.69) is 0 Å². The first kappa shape index (κ1) is 10.1. The van der Waals surface area contributed by atoms with Crippen molar-refractivity contribution >= 4 is 11.9 Å². The second-order valence-corrected chi connectivity index (χ2v) is 4.33. The van der Waals surface area contributed by atoms with E-state index in [9.17, 15) is 9.59 Å². The van der Waals surface area contributed by atoms with Gasteiger partial charge in [-0.25, -0.2) is 4.79 Å². The Morgan fingerprint density at radius 2 is 2.29 bits per heavy atom. The molecule has 88 valence electrons. The van der Waals surface area contributed by atoms with Gasteiger partial charge in [-0.3, -0.25) is 4.79 Å². The minimum Gasteiger partial charge on any atom is -0.475 e. The Morgan fingerprint density at radius 3 is 2.88 bits per heavy atom. The van der Waals surface area contributed by atoms with Crippen LogP contribution in [-0.4, -0.2) is 27.9 Å². The molecule has 5 heteroatoms. The van der Waals surface area contributed by atoms with Gasteiger partial charge in [-0.1, -0.05) is 12.2 Å². The number of carboxylic acid groups (broad SMARTS) is 1. The SMILES string of the molecule is O=C(O)c1ccc(CN2C(=O)C3C=CC2C3)o1. The summed E-state index contributed by atoms with van der Waals surface area (Å²) in [5, 5.41) is 8.73. The maximum Gasteiger partial charge on any atom is 0.371 e. The molecule has 0 radical (unpaired) electrons. The number of likely N-dealkylation sites (tertiary alicyclic amines) is 1. The number of carbonyl (C=O) groups is 2. The standard InChI is InChI=1S/C12H11NO4/c14-11-7-1-2-8(5-7)13(11)6-9-3-4-10(17-9)12(15)16/h1-4,7-8H,5-6H2,(H,15,16). The molecule has 2 unspecified atom stereocenters. The number of nitrogens with zero attached hydrogens (tertiary/aromatic N) is 1. The zero-order valence-electron chi connectivity index (χ0n) is 9.00. The van der Waals surface area contributed by atoms with Gasteiger partial charge in [0.15, 0.2) is 0 Å². The molecule has 0 spiro atoms. The van der Waals surface area contributed by atoms with Crippen LogP contribution in [0.5, 0.6) is 0 Å². The van der Waals surface area contributed by atoms with E-state index in [1.54, 1.807) is 11.0 Å². The van der Waals surface area contributed by atoms with Gasteiger partial charge in [0.1, 0.15) is 5.76 Å². The lowest BCUT2D eigenvalue weighted by Crippen LogP contribution is -2.33. The molecule has 1 saturated heterocycles. The fourth-order valence-corrected chi connectivity index (χ4v) is 2.41. The first-order valence-corrected chi connectivity index (χ1v) is 5.46. The highest BCUT2D eigenvalue weighted by Gasteiger charge is 2.41. The van der Waals surface area contributed by atoms with E-state index in [1.165, 1.54) is 6.07 Å². The van der Waals surface area contributed by atoms with E-state index in [1.807, 2.05) is 12.2 Å². The van der Waals surface area contributed by atoms with Crippen molar-refractivity contribution in [2.24, 2.45) is 5.92 Å². The van der Waals surface area contributed by atoms with Crippen LogP contribution < -0.4 is 0 Å². The van der Waals surface area contributed by atoms with Crippen molar-refractivity contribution in [2.75, 3.05) is 0 Å². The van der Waals surface area contributed by atoms with E-state index < -0.39 is 5.97 Å². The molecule has 1 aliphatic heterocycles. The summed E-state index contributed by atoms with van der Waals surface area (Å²) < 4.78 is 5.15. The lowest BCUT2D eigenvalue weighted by molar-refractivity contribution is -0.131. The maximum atomic E-state index is 11.8. The molecule has 2 aliphatic rings. The van der Waals surface area contributed by atoms with Crippen LogP contribution in [0.2, 0.25) is 0 Å². The van der Waals surface area contributed by atoms with Gasteiger partial charge in [-0.15, -0.1) is 0 Å². The van der Waals surface area contributed by atoms with Gasteiger partial charge >= 0.3 is 5.97 Å². The molecule has 2 heterocycles. The molecular weight excluding hydrogens is 222 g/mol. The third kappa shape index (κ3) is 1.54. The minimum absolute atomic E-state index is 0.00825. The Morgan fingerprint density at radius 1 is 1.47 bits per heavy atom. The monoisotopic (exact) mass is 233 g/mol. The fraction of sp³-hybridized carbons (Fsp3) is 0.333. The van der Waals surface area contributed by atoms with Crippen molar-refractivity contribution in [1.82, 2.24) is 4.90 Å². The van der Waals surface area contributed by atoms with Gasteiger partial charge in [0, 0.05) is 0 Å². The smallest absolute Gasteiger partial charge is 0.371 e. The maximum absolute atomic E-state index is 11.8. The molecular formula is C12H11NO4. The van der Waals surface area contributed by atoms with Gasteiger partial charge in [0.25, 0.3) is 0 Å². The number of aromatic carboxylic acids is 1. The number of fused-ring (bicyclic) bond motifs is 2. The van der Waals surface area contributed by atoms with Crippen molar-refractivity contribution < 1.29 is 19.1 Å². The van der Waals surface area contributed by atoms with Gasteiger partial charge in [-0.05, 0) is 18.6 Å². The molecule has 1 aliphatic carbocycles. The highest BCUT2D eigenvalue weighted by molar-refractivity contribution is 5.85. The van der Waals surface area contributed by atoms with Crippen molar-refractivity contribution in [1.29, 1.82) is 0 Å². The molecule has 17 heavy (non-hydrogen) atoms. The second kappa shape index (κ2) is 3.48. The first-order valence-electron chi connectivity index (χ1n) is 5.46. The molecule has 3 rings (SSSR count). The predicted octanol–water partition coefficient (Wildman–Crippen LogP) is 1.26. The molecule has 0 saturated carbocycles. The largest absolute Gasteiger partial charge is 0.475 e. The first-order chi connectivity index (χ1) is 8.15. The Bertz CT molecular complexity index is 516. The molecule has 1 aromatic rings. The summed E-state index contributed by atoms with van der Waals surface area (Å²) in [6.07, 6.45) is 4.80. The van der Waals surface area contributed by atoms with Crippen molar-refractivity contribution in [3.8, 4) is 0 Å². The highest BCUT2D eigenvalue weighted by atomic mass is 16.4. The Labute approximate surface area is 97.3 Å². The van der Waals surface area contributed by atoms with Crippen LogP contribution in [0.1, 0.15) is 22.7 Å². The minimum atomic E-state index is -1.09. The number of hydrogen-bond acceptors (Lipinski definition) is 3. The molecule has 1 aromatic heterocycles. The third-order valence-electron chi connectivity index (χ3n) is 3.26. The van der Waals surface area contributed by atoms with Crippen LogP contribution in [0.4, 0.5) is 0 Å². The average Bonchev–Trinajstić information content (AvgIpc) is 2.97. The fourth-order valence-electron chi connectivity index (χ4n) is 2.41. The van der Waals surface area contributed by atoms with Gasteiger partial charge in [0.2, 0.25) is 11.7 Å². The topological polar surface area (TPSA) is 70.8 Å². The van der Waals surface area contributed by atoms with Crippen LogP contribution in [0, 0.1) is 5.92 Å². The Hall–Kier alpha value is -2.04. The van der Waals surface area contributed by atoms with Crippen LogP contribution in [0.15, 0.2) is 28.7 Å². The quantitative estimate of drug-likeness (QED) is 0.798. The molecule has 1 fully saturated rings. The van der Waals surface area contributed by atoms with Crippen molar-refractivity contribution in [3.05, 3.63) is 35.8 Å². The summed E-state index contributed by atoms with van der Waals surface area (Å²) in [5.41, 5.74) is 0. The summed E-state index contributed by atoms with van der Waals surface area (Å²) in [4.78, 5) is 24.2. The lowest BCUT2D eigenvalue weighted by Gasteiger charge is -2.22. The number of carbonyl (C=O) groups excluding carboxylic acids is 1. The van der Waals surface area contributed by atoms with Gasteiger partial charge in [0.05, 0.1) is 18.5 Å². The van der Waals surface area contributed by atoms with Crippen LogP contribution in [-0.2, 0) is 11.3 Å². The van der Waals surface area contributed by atoms with Gasteiger partial charge < -0.3 is 14.4 Å². The van der Waals surface area contributed by atoms with Crippen LogP contribution >= 0.6 is 0 Å². The van der Waals surface area contributed by atoms with Crippen molar-refractivity contribution in [3.63, 3.8) is 0 Å².